The van der Waals surface area contributed by atoms with Crippen LogP contribution in [0.5, 0.6) is 0 Å². The van der Waals surface area contributed by atoms with Crippen LogP contribution in [0.4, 0.5) is 23.6 Å². The summed E-state index contributed by atoms with van der Waals surface area (Å²) in [5.41, 5.74) is 0.497. The number of amides is 1. The number of carbonyl (C=O) groups excluding carboxylic acids is 1. The SMILES string of the molecule is C[C@@H]1[C@H](C(F)(F)F)CCN1C(=O)[C@@H](C)Nc1nnc(-c2ccc(F)cc2)o1. The zero-order chi connectivity index (χ0) is 19.8. The predicted molar refractivity (Wildman–Crippen MR) is 88.1 cm³/mol. The maximum absolute atomic E-state index is 13.0. The van der Waals surface area contributed by atoms with Crippen molar-refractivity contribution in [2.24, 2.45) is 5.92 Å². The Labute approximate surface area is 152 Å². The maximum Gasteiger partial charge on any atom is 0.393 e. The Morgan fingerprint density at radius 3 is 2.56 bits per heavy atom. The van der Waals surface area contributed by atoms with E-state index in [0.29, 0.717) is 5.56 Å². The van der Waals surface area contributed by atoms with Crippen molar-refractivity contribution in [1.82, 2.24) is 15.1 Å². The van der Waals surface area contributed by atoms with Gasteiger partial charge in [0.15, 0.2) is 0 Å². The van der Waals surface area contributed by atoms with Crippen LogP contribution in [0.25, 0.3) is 11.5 Å². The van der Waals surface area contributed by atoms with Crippen LogP contribution in [0.2, 0.25) is 0 Å². The average molecular weight is 386 g/mol. The van der Waals surface area contributed by atoms with Crippen LogP contribution in [-0.2, 0) is 4.79 Å². The first kappa shape index (κ1) is 19.1. The Morgan fingerprint density at radius 2 is 1.96 bits per heavy atom. The first-order valence-electron chi connectivity index (χ1n) is 8.40. The topological polar surface area (TPSA) is 71.3 Å². The minimum Gasteiger partial charge on any atom is -0.403 e. The van der Waals surface area contributed by atoms with Crippen molar-refractivity contribution in [2.75, 3.05) is 11.9 Å². The summed E-state index contributed by atoms with van der Waals surface area (Å²) in [5, 5.41) is 10.3. The van der Waals surface area contributed by atoms with Gasteiger partial charge in [-0.1, -0.05) is 5.10 Å². The van der Waals surface area contributed by atoms with Gasteiger partial charge in [0.1, 0.15) is 11.9 Å². The van der Waals surface area contributed by atoms with E-state index in [-0.39, 0.29) is 24.9 Å². The lowest BCUT2D eigenvalue weighted by Crippen LogP contribution is -2.45. The van der Waals surface area contributed by atoms with Gasteiger partial charge in [-0.25, -0.2) is 4.39 Å². The molecule has 3 atom stereocenters. The van der Waals surface area contributed by atoms with Crippen LogP contribution < -0.4 is 5.32 Å². The van der Waals surface area contributed by atoms with Gasteiger partial charge in [-0.05, 0) is 44.5 Å². The Bertz CT molecular complexity index is 806. The molecule has 2 heterocycles. The fourth-order valence-corrected chi connectivity index (χ4v) is 3.17. The molecule has 0 spiro atoms. The van der Waals surface area contributed by atoms with Crippen LogP contribution in [0, 0.1) is 11.7 Å². The van der Waals surface area contributed by atoms with Gasteiger partial charge < -0.3 is 14.6 Å². The molecule has 6 nitrogen and oxygen atoms in total. The van der Waals surface area contributed by atoms with E-state index < -0.39 is 35.9 Å². The molecule has 1 aromatic heterocycles. The molecule has 3 rings (SSSR count). The molecule has 1 amide bonds. The average Bonchev–Trinajstić information content (AvgIpc) is 3.21. The molecule has 2 aromatic rings. The summed E-state index contributed by atoms with van der Waals surface area (Å²) in [5.74, 6) is -2.28. The van der Waals surface area contributed by atoms with Crippen LogP contribution in [-0.4, -0.2) is 45.8 Å². The van der Waals surface area contributed by atoms with Crippen LogP contribution in [0.3, 0.4) is 0 Å². The summed E-state index contributed by atoms with van der Waals surface area (Å²) in [6.07, 6.45) is -4.44. The first-order chi connectivity index (χ1) is 12.7. The standard InChI is InChI=1S/C17H18F4N4O2/c1-9(15(26)25-8-7-13(10(25)2)17(19,20)21)22-16-24-23-14(27-16)11-3-5-12(18)6-4-11/h3-6,9-10,13H,7-8H2,1-2H3,(H,22,24)/t9-,10-,13-/m1/s1. The van der Waals surface area contributed by atoms with Crippen molar-refractivity contribution >= 4 is 11.9 Å². The Hall–Kier alpha value is -2.65. The molecular formula is C17H18F4N4O2. The summed E-state index contributed by atoms with van der Waals surface area (Å²) >= 11 is 0. The van der Waals surface area contributed by atoms with Gasteiger partial charge in [-0.2, -0.15) is 13.2 Å². The lowest BCUT2D eigenvalue weighted by molar-refractivity contribution is -0.179. The van der Waals surface area contributed by atoms with Gasteiger partial charge in [0.05, 0.1) is 5.92 Å². The van der Waals surface area contributed by atoms with Crippen LogP contribution in [0.1, 0.15) is 20.3 Å². The lowest BCUT2D eigenvalue weighted by Gasteiger charge is -2.28. The minimum absolute atomic E-state index is 0.0425. The lowest BCUT2D eigenvalue weighted by atomic mass is 10.0. The molecule has 27 heavy (non-hydrogen) atoms. The molecule has 0 unspecified atom stereocenters. The van der Waals surface area contributed by atoms with E-state index in [9.17, 15) is 22.4 Å². The number of hydrogen-bond donors (Lipinski definition) is 1. The second-order valence-electron chi connectivity index (χ2n) is 6.49. The molecule has 1 N–H and O–H groups in total. The molecule has 1 fully saturated rings. The highest BCUT2D eigenvalue weighted by Gasteiger charge is 2.49. The highest BCUT2D eigenvalue weighted by Crippen LogP contribution is 2.38. The Balaban J connectivity index is 1.65. The summed E-state index contributed by atoms with van der Waals surface area (Å²) in [6, 6.07) is 3.58. The molecule has 0 bridgehead atoms. The highest BCUT2D eigenvalue weighted by molar-refractivity contribution is 5.84. The summed E-state index contributed by atoms with van der Waals surface area (Å²) in [4.78, 5) is 13.7. The number of nitrogens with one attached hydrogen (secondary N) is 1. The number of nitrogens with zero attached hydrogens (tertiary/aromatic N) is 3. The van der Waals surface area contributed by atoms with E-state index in [0.717, 1.165) is 0 Å². The molecular weight excluding hydrogens is 368 g/mol. The van der Waals surface area contributed by atoms with Crippen molar-refractivity contribution in [2.45, 2.75) is 38.5 Å². The van der Waals surface area contributed by atoms with Gasteiger partial charge in [0.25, 0.3) is 0 Å². The predicted octanol–water partition coefficient (Wildman–Crippen LogP) is 3.48. The molecule has 1 aliphatic heterocycles. The normalized spacial score (nSPS) is 21.3. The second-order valence-corrected chi connectivity index (χ2v) is 6.49. The number of aromatic nitrogens is 2. The zero-order valence-electron chi connectivity index (χ0n) is 14.6. The van der Waals surface area contributed by atoms with Crippen molar-refractivity contribution in [1.29, 1.82) is 0 Å². The molecule has 0 radical (unpaired) electrons. The van der Waals surface area contributed by atoms with Crippen LogP contribution >= 0.6 is 0 Å². The van der Waals surface area contributed by atoms with E-state index in [1.807, 2.05) is 0 Å². The third-order valence-electron chi connectivity index (χ3n) is 4.69. The van der Waals surface area contributed by atoms with E-state index in [4.69, 9.17) is 4.42 Å². The number of hydrogen-bond acceptors (Lipinski definition) is 5. The van der Waals surface area contributed by atoms with Gasteiger partial charge in [0, 0.05) is 18.2 Å². The second kappa shape index (κ2) is 7.16. The quantitative estimate of drug-likeness (QED) is 0.815. The van der Waals surface area contributed by atoms with E-state index >= 15 is 0 Å². The number of benzene rings is 1. The first-order valence-corrected chi connectivity index (χ1v) is 8.40. The highest BCUT2D eigenvalue weighted by atomic mass is 19.4. The number of likely N-dealkylation sites (tertiary alicyclic amines) is 1. The fourth-order valence-electron chi connectivity index (χ4n) is 3.17. The molecule has 1 aliphatic rings. The number of anilines is 1. The molecule has 0 aliphatic carbocycles. The van der Waals surface area contributed by atoms with Crippen molar-refractivity contribution in [3.8, 4) is 11.5 Å². The fraction of sp³-hybridized carbons (Fsp3) is 0.471. The van der Waals surface area contributed by atoms with E-state index in [1.165, 1.54) is 43.0 Å². The third kappa shape index (κ3) is 4.04. The summed E-state index contributed by atoms with van der Waals surface area (Å²) < 4.78 is 57.3. The summed E-state index contributed by atoms with van der Waals surface area (Å²) in [6.45, 7) is 2.95. The number of rotatable bonds is 4. The Kier molecular flexibility index (Phi) is 5.07. The zero-order valence-corrected chi connectivity index (χ0v) is 14.6. The molecule has 0 saturated carbocycles. The van der Waals surface area contributed by atoms with Gasteiger partial charge >= 0.3 is 12.2 Å². The minimum atomic E-state index is -4.33. The van der Waals surface area contributed by atoms with Gasteiger partial charge in [-0.3, -0.25) is 4.79 Å². The smallest absolute Gasteiger partial charge is 0.393 e. The third-order valence-corrected chi connectivity index (χ3v) is 4.69. The number of alkyl halides is 3. The number of carbonyl (C=O) groups is 1. The van der Waals surface area contributed by atoms with Crippen molar-refractivity contribution < 1.29 is 26.8 Å². The maximum atomic E-state index is 13.0. The van der Waals surface area contributed by atoms with Gasteiger partial charge in [-0.15, -0.1) is 5.10 Å². The monoisotopic (exact) mass is 386 g/mol. The van der Waals surface area contributed by atoms with Gasteiger partial charge in [0.2, 0.25) is 11.8 Å². The molecule has 1 aromatic carbocycles. The van der Waals surface area contributed by atoms with Crippen LogP contribution in [0.15, 0.2) is 28.7 Å². The van der Waals surface area contributed by atoms with Crippen molar-refractivity contribution in [3.63, 3.8) is 0 Å². The largest absolute Gasteiger partial charge is 0.403 e. The van der Waals surface area contributed by atoms with Crippen molar-refractivity contribution in [3.05, 3.63) is 30.1 Å². The van der Waals surface area contributed by atoms with E-state index in [1.54, 1.807) is 0 Å². The number of halogens is 4. The molecule has 146 valence electrons. The molecule has 1 saturated heterocycles. The molecule has 10 heteroatoms. The summed E-state index contributed by atoms with van der Waals surface area (Å²) in [7, 11) is 0. The Morgan fingerprint density at radius 1 is 1.30 bits per heavy atom. The van der Waals surface area contributed by atoms with E-state index in [2.05, 4.69) is 15.5 Å².